The lowest BCUT2D eigenvalue weighted by Gasteiger charge is -1.99. The van der Waals surface area contributed by atoms with Crippen LogP contribution in [0.5, 0.6) is 0 Å². The molecule has 0 aliphatic rings. The van der Waals surface area contributed by atoms with E-state index < -0.39 is 34.5 Å². The van der Waals surface area contributed by atoms with Crippen LogP contribution in [-0.4, -0.2) is 9.91 Å². The first kappa shape index (κ1) is 10.4. The summed E-state index contributed by atoms with van der Waals surface area (Å²) in [5, 5.41) is 10.0. The van der Waals surface area contributed by atoms with Gasteiger partial charge in [-0.25, -0.2) is 8.78 Å². The van der Waals surface area contributed by atoms with Crippen molar-refractivity contribution in [3.05, 3.63) is 33.5 Å². The predicted octanol–water partition coefficient (Wildman–Crippen LogP) is 2.21. The molecule has 8 heteroatoms. The van der Waals surface area contributed by atoms with Crippen LogP contribution in [0.3, 0.4) is 0 Å². The minimum absolute atomic E-state index is 0.197. The van der Waals surface area contributed by atoms with Crippen molar-refractivity contribution in [2.75, 3.05) is 0 Å². The third kappa shape index (κ3) is 1.78. The number of halogens is 4. The number of alkyl halides is 2. The molecule has 1 rings (SSSR count). The molecule has 1 heterocycles. The van der Waals surface area contributed by atoms with Gasteiger partial charge in [-0.15, -0.1) is 0 Å². The molecule has 14 heavy (non-hydrogen) atoms. The molecule has 0 atom stereocenters. The lowest BCUT2D eigenvalue weighted by atomic mass is 10.2. The fourth-order valence-electron chi connectivity index (χ4n) is 0.756. The number of nitro groups is 1. The molecule has 1 aromatic heterocycles. The van der Waals surface area contributed by atoms with Crippen LogP contribution in [0, 0.1) is 21.9 Å². The van der Waals surface area contributed by atoms with Gasteiger partial charge in [-0.3, -0.25) is 0 Å². The van der Waals surface area contributed by atoms with E-state index in [0.717, 1.165) is 0 Å². The molecular weight excluding hydrogens is 208 g/mol. The van der Waals surface area contributed by atoms with Crippen LogP contribution >= 0.6 is 0 Å². The second-order valence-corrected chi connectivity index (χ2v) is 2.23. The SMILES string of the molecule is O=[N+]([O-])c1cc(C(F)F)c(F)c(F)n1. The van der Waals surface area contributed by atoms with Crippen molar-refractivity contribution in [1.82, 2.24) is 4.98 Å². The number of hydrogen-bond donors (Lipinski definition) is 0. The number of pyridine rings is 1. The first-order valence-corrected chi connectivity index (χ1v) is 3.22. The molecule has 0 N–H and O–H groups in total. The summed E-state index contributed by atoms with van der Waals surface area (Å²) < 4.78 is 49.0. The highest BCUT2D eigenvalue weighted by Gasteiger charge is 2.25. The zero-order chi connectivity index (χ0) is 10.9. The zero-order valence-corrected chi connectivity index (χ0v) is 6.38. The summed E-state index contributed by atoms with van der Waals surface area (Å²) in [6.45, 7) is 0. The minimum Gasteiger partial charge on any atom is -0.358 e. The summed E-state index contributed by atoms with van der Waals surface area (Å²) in [5.41, 5.74) is -1.37. The molecule has 4 nitrogen and oxygen atoms in total. The van der Waals surface area contributed by atoms with Crippen LogP contribution in [0.15, 0.2) is 6.07 Å². The Hall–Kier alpha value is -1.73. The molecule has 1 aromatic rings. The highest BCUT2D eigenvalue weighted by molar-refractivity contribution is 5.28. The van der Waals surface area contributed by atoms with E-state index >= 15 is 0 Å². The van der Waals surface area contributed by atoms with E-state index in [2.05, 4.69) is 4.98 Å². The maximum absolute atomic E-state index is 12.6. The molecule has 0 bridgehead atoms. The van der Waals surface area contributed by atoms with Gasteiger partial charge < -0.3 is 10.1 Å². The average Bonchev–Trinajstić information content (AvgIpc) is 2.08. The molecule has 0 radical (unpaired) electrons. The van der Waals surface area contributed by atoms with Gasteiger partial charge in [-0.05, 0) is 9.91 Å². The maximum atomic E-state index is 12.6. The molecule has 0 spiro atoms. The summed E-state index contributed by atoms with van der Waals surface area (Å²) in [6, 6.07) is 0.197. The number of aromatic nitrogens is 1. The Morgan fingerprint density at radius 1 is 1.43 bits per heavy atom. The standard InChI is InChI=1S/C6H2F4N2O2/c7-4-2(5(8)9)1-3(12(13)14)11-6(4)10/h1,5H. The smallest absolute Gasteiger partial charge is 0.358 e. The van der Waals surface area contributed by atoms with Gasteiger partial charge in [0, 0.05) is 6.07 Å². The second kappa shape index (κ2) is 3.56. The van der Waals surface area contributed by atoms with E-state index in [1.54, 1.807) is 0 Å². The van der Waals surface area contributed by atoms with Crippen molar-refractivity contribution in [3.8, 4) is 0 Å². The highest BCUT2D eigenvalue weighted by Crippen LogP contribution is 2.25. The molecule has 76 valence electrons. The van der Waals surface area contributed by atoms with Crippen LogP contribution in [0.1, 0.15) is 12.0 Å². The second-order valence-electron chi connectivity index (χ2n) is 2.23. The first-order valence-electron chi connectivity index (χ1n) is 3.22. The van der Waals surface area contributed by atoms with Gasteiger partial charge in [0.15, 0.2) is 0 Å². The lowest BCUT2D eigenvalue weighted by Crippen LogP contribution is -2.02. The van der Waals surface area contributed by atoms with E-state index in [1.807, 2.05) is 0 Å². The van der Waals surface area contributed by atoms with Crippen LogP contribution in [0.25, 0.3) is 0 Å². The fraction of sp³-hybridized carbons (Fsp3) is 0.167. The maximum Gasteiger partial charge on any atom is 0.367 e. The monoisotopic (exact) mass is 210 g/mol. The molecule has 0 aromatic carbocycles. The molecule has 0 unspecified atom stereocenters. The van der Waals surface area contributed by atoms with E-state index in [1.165, 1.54) is 0 Å². The molecule has 0 amide bonds. The normalized spacial score (nSPS) is 10.6. The van der Waals surface area contributed by atoms with Gasteiger partial charge in [-0.2, -0.15) is 8.78 Å². The molecular formula is C6H2F4N2O2. The third-order valence-corrected chi connectivity index (χ3v) is 1.35. The van der Waals surface area contributed by atoms with E-state index in [9.17, 15) is 27.7 Å². The lowest BCUT2D eigenvalue weighted by molar-refractivity contribution is -0.390. The number of hydrogen-bond acceptors (Lipinski definition) is 3. The molecule has 0 fully saturated rings. The van der Waals surface area contributed by atoms with E-state index in [0.29, 0.717) is 0 Å². The number of nitrogens with zero attached hydrogens (tertiary/aromatic N) is 2. The highest BCUT2D eigenvalue weighted by atomic mass is 19.3. The molecule has 0 saturated carbocycles. The molecule has 0 aliphatic heterocycles. The van der Waals surface area contributed by atoms with Gasteiger partial charge in [0.1, 0.15) is 0 Å². The summed E-state index contributed by atoms with van der Waals surface area (Å²) >= 11 is 0. The number of rotatable bonds is 2. The van der Waals surface area contributed by atoms with Crippen molar-refractivity contribution < 1.29 is 22.5 Å². The molecule has 0 aliphatic carbocycles. The Balaban J connectivity index is 3.35. The van der Waals surface area contributed by atoms with E-state index in [4.69, 9.17) is 0 Å². The Bertz CT molecular complexity index is 382. The van der Waals surface area contributed by atoms with Gasteiger partial charge >= 0.3 is 11.8 Å². The van der Waals surface area contributed by atoms with Crippen molar-refractivity contribution in [2.24, 2.45) is 0 Å². The fourth-order valence-corrected chi connectivity index (χ4v) is 0.756. The van der Waals surface area contributed by atoms with Crippen LogP contribution in [0.2, 0.25) is 0 Å². The largest absolute Gasteiger partial charge is 0.367 e. The quantitative estimate of drug-likeness (QED) is 0.325. The third-order valence-electron chi connectivity index (χ3n) is 1.35. The van der Waals surface area contributed by atoms with Gasteiger partial charge in [0.2, 0.25) is 5.82 Å². The average molecular weight is 210 g/mol. The Labute approximate surface area is 74.3 Å². The zero-order valence-electron chi connectivity index (χ0n) is 6.38. The Kier molecular flexibility index (Phi) is 2.63. The van der Waals surface area contributed by atoms with Gasteiger partial charge in [0.25, 0.3) is 6.43 Å². The predicted molar refractivity (Wildman–Crippen MR) is 35.8 cm³/mol. The Morgan fingerprint density at radius 3 is 2.43 bits per heavy atom. The van der Waals surface area contributed by atoms with Crippen molar-refractivity contribution >= 4 is 5.82 Å². The first-order chi connectivity index (χ1) is 6.43. The minimum atomic E-state index is -3.33. The van der Waals surface area contributed by atoms with Crippen molar-refractivity contribution in [1.29, 1.82) is 0 Å². The van der Waals surface area contributed by atoms with Crippen LogP contribution < -0.4 is 0 Å². The van der Waals surface area contributed by atoms with Crippen molar-refractivity contribution in [2.45, 2.75) is 6.43 Å². The Morgan fingerprint density at radius 2 is 2.00 bits per heavy atom. The van der Waals surface area contributed by atoms with Gasteiger partial charge in [-0.1, -0.05) is 0 Å². The van der Waals surface area contributed by atoms with Gasteiger partial charge in [0.05, 0.1) is 5.56 Å². The molecule has 0 saturated heterocycles. The summed E-state index contributed by atoms with van der Waals surface area (Å²) in [4.78, 5) is 11.4. The summed E-state index contributed by atoms with van der Waals surface area (Å²) in [6.07, 6.45) is -3.33. The van der Waals surface area contributed by atoms with Crippen LogP contribution in [-0.2, 0) is 0 Å². The summed E-state index contributed by atoms with van der Waals surface area (Å²) in [5.74, 6) is -4.93. The van der Waals surface area contributed by atoms with Crippen LogP contribution in [0.4, 0.5) is 23.4 Å². The summed E-state index contributed by atoms with van der Waals surface area (Å²) in [7, 11) is 0. The van der Waals surface area contributed by atoms with Crippen molar-refractivity contribution in [3.63, 3.8) is 0 Å². The van der Waals surface area contributed by atoms with E-state index in [-0.39, 0.29) is 6.07 Å². The topological polar surface area (TPSA) is 56.0 Å².